The molecule has 0 atom stereocenters. The highest BCUT2D eigenvalue weighted by atomic mass is 16.5. The van der Waals surface area contributed by atoms with E-state index in [2.05, 4.69) is 5.10 Å². The normalized spacial score (nSPS) is 10.6. The number of benzene rings is 2. The van der Waals surface area contributed by atoms with Gasteiger partial charge in [0.25, 0.3) is 0 Å². The summed E-state index contributed by atoms with van der Waals surface area (Å²) in [7, 11) is 4.15. The van der Waals surface area contributed by atoms with E-state index in [4.69, 9.17) is 14.2 Å². The molecule has 0 fully saturated rings. The Hall–Kier alpha value is -3.61. The Kier molecular flexibility index (Phi) is 5.91. The van der Waals surface area contributed by atoms with Gasteiger partial charge in [0.1, 0.15) is 17.0 Å². The largest absolute Gasteiger partial charge is 0.496 e. The molecule has 0 aliphatic rings. The van der Waals surface area contributed by atoms with Crippen LogP contribution in [0.25, 0.3) is 16.9 Å². The van der Waals surface area contributed by atoms with Gasteiger partial charge in [0.05, 0.1) is 27.0 Å². The summed E-state index contributed by atoms with van der Waals surface area (Å²) in [4.78, 5) is 25.5. The van der Waals surface area contributed by atoms with Crippen LogP contribution < -0.4 is 4.74 Å². The SMILES string of the molecule is COC(=O)c1c(-c2cc(C)c(OC)c(C)c2C)nn(-c2ccccc2)c1C(=O)OC. The number of rotatable bonds is 5. The van der Waals surface area contributed by atoms with Gasteiger partial charge in [-0.25, -0.2) is 14.3 Å². The molecule has 0 radical (unpaired) electrons. The second-order valence-corrected chi connectivity index (χ2v) is 6.83. The zero-order chi connectivity index (χ0) is 22.0. The van der Waals surface area contributed by atoms with Gasteiger partial charge >= 0.3 is 11.9 Å². The number of carbonyl (C=O) groups excluding carboxylic acids is 2. The van der Waals surface area contributed by atoms with E-state index >= 15 is 0 Å². The molecule has 156 valence electrons. The Morgan fingerprint density at radius 1 is 0.900 bits per heavy atom. The average molecular weight is 408 g/mol. The van der Waals surface area contributed by atoms with Crippen molar-refractivity contribution in [1.82, 2.24) is 9.78 Å². The van der Waals surface area contributed by atoms with Gasteiger partial charge in [-0.1, -0.05) is 18.2 Å². The molecule has 0 aliphatic heterocycles. The first-order chi connectivity index (χ1) is 14.3. The molecule has 1 aromatic heterocycles. The van der Waals surface area contributed by atoms with Crippen LogP contribution in [0.2, 0.25) is 0 Å². The first kappa shape index (κ1) is 21.1. The van der Waals surface area contributed by atoms with Crippen molar-refractivity contribution in [2.75, 3.05) is 21.3 Å². The number of aryl methyl sites for hydroxylation is 1. The summed E-state index contributed by atoms with van der Waals surface area (Å²) in [6.07, 6.45) is 0. The molecule has 0 saturated heterocycles. The summed E-state index contributed by atoms with van der Waals surface area (Å²) < 4.78 is 16.9. The Bertz CT molecular complexity index is 1120. The van der Waals surface area contributed by atoms with Crippen LogP contribution in [-0.4, -0.2) is 43.0 Å². The Morgan fingerprint density at radius 2 is 1.53 bits per heavy atom. The fourth-order valence-electron chi connectivity index (χ4n) is 3.56. The molecular weight excluding hydrogens is 384 g/mol. The molecule has 0 bridgehead atoms. The van der Waals surface area contributed by atoms with E-state index < -0.39 is 11.9 Å². The number of hydrogen-bond donors (Lipinski definition) is 0. The summed E-state index contributed by atoms with van der Waals surface area (Å²) in [5, 5.41) is 4.66. The molecule has 2 aromatic carbocycles. The summed E-state index contributed by atoms with van der Waals surface area (Å²) in [5.41, 5.74) is 4.45. The molecule has 0 aliphatic carbocycles. The van der Waals surface area contributed by atoms with E-state index in [1.165, 1.54) is 18.9 Å². The molecule has 3 rings (SSSR count). The van der Waals surface area contributed by atoms with Crippen molar-refractivity contribution in [3.05, 3.63) is 64.3 Å². The van der Waals surface area contributed by atoms with Crippen molar-refractivity contribution in [3.63, 3.8) is 0 Å². The minimum Gasteiger partial charge on any atom is -0.496 e. The lowest BCUT2D eigenvalue weighted by molar-refractivity contribution is 0.0549. The quantitative estimate of drug-likeness (QED) is 0.593. The molecule has 0 N–H and O–H groups in total. The van der Waals surface area contributed by atoms with Gasteiger partial charge in [0, 0.05) is 5.56 Å². The third-order valence-electron chi connectivity index (χ3n) is 5.14. The lowest BCUT2D eigenvalue weighted by atomic mass is 9.94. The summed E-state index contributed by atoms with van der Waals surface area (Å²) in [6.45, 7) is 5.78. The zero-order valence-electron chi connectivity index (χ0n) is 17.9. The number of aromatic nitrogens is 2. The zero-order valence-corrected chi connectivity index (χ0v) is 17.9. The second kappa shape index (κ2) is 8.41. The van der Waals surface area contributed by atoms with E-state index in [1.54, 1.807) is 19.2 Å². The first-order valence-corrected chi connectivity index (χ1v) is 9.35. The fourth-order valence-corrected chi connectivity index (χ4v) is 3.56. The maximum absolute atomic E-state index is 12.8. The van der Waals surface area contributed by atoms with Crippen LogP contribution in [0.4, 0.5) is 0 Å². The topological polar surface area (TPSA) is 79.7 Å². The molecule has 30 heavy (non-hydrogen) atoms. The number of methoxy groups -OCH3 is 3. The average Bonchev–Trinajstić information content (AvgIpc) is 3.16. The molecule has 0 saturated carbocycles. The maximum atomic E-state index is 12.8. The van der Waals surface area contributed by atoms with Crippen LogP contribution in [0.3, 0.4) is 0 Å². The van der Waals surface area contributed by atoms with Gasteiger partial charge in [0.15, 0.2) is 5.69 Å². The molecule has 0 spiro atoms. The van der Waals surface area contributed by atoms with Crippen molar-refractivity contribution in [1.29, 1.82) is 0 Å². The van der Waals surface area contributed by atoms with E-state index in [0.29, 0.717) is 16.9 Å². The molecule has 0 amide bonds. The highest BCUT2D eigenvalue weighted by Crippen LogP contribution is 2.37. The van der Waals surface area contributed by atoms with Crippen LogP contribution in [0.15, 0.2) is 36.4 Å². The van der Waals surface area contributed by atoms with E-state index in [9.17, 15) is 9.59 Å². The van der Waals surface area contributed by atoms with E-state index in [-0.39, 0.29) is 11.3 Å². The highest BCUT2D eigenvalue weighted by Gasteiger charge is 2.32. The van der Waals surface area contributed by atoms with Crippen LogP contribution in [0, 0.1) is 20.8 Å². The van der Waals surface area contributed by atoms with Crippen molar-refractivity contribution >= 4 is 11.9 Å². The second-order valence-electron chi connectivity index (χ2n) is 6.83. The highest BCUT2D eigenvalue weighted by molar-refractivity contribution is 6.07. The lowest BCUT2D eigenvalue weighted by Crippen LogP contribution is -2.15. The van der Waals surface area contributed by atoms with Crippen molar-refractivity contribution in [2.24, 2.45) is 0 Å². The fraction of sp³-hybridized carbons (Fsp3) is 0.261. The summed E-state index contributed by atoms with van der Waals surface area (Å²) in [6, 6.07) is 11.0. The predicted molar refractivity (Wildman–Crippen MR) is 112 cm³/mol. The van der Waals surface area contributed by atoms with E-state index in [1.807, 2.05) is 45.0 Å². The number of hydrogen-bond acceptors (Lipinski definition) is 6. The number of para-hydroxylation sites is 1. The van der Waals surface area contributed by atoms with Gasteiger partial charge in [-0.3, -0.25) is 0 Å². The van der Waals surface area contributed by atoms with Crippen LogP contribution in [0.1, 0.15) is 37.5 Å². The number of carbonyl (C=O) groups is 2. The Morgan fingerprint density at radius 3 is 2.10 bits per heavy atom. The maximum Gasteiger partial charge on any atom is 0.357 e. The monoisotopic (exact) mass is 408 g/mol. The molecule has 0 unspecified atom stereocenters. The molecule has 7 heteroatoms. The van der Waals surface area contributed by atoms with Crippen molar-refractivity contribution in [2.45, 2.75) is 20.8 Å². The number of esters is 2. The molecule has 7 nitrogen and oxygen atoms in total. The summed E-state index contributed by atoms with van der Waals surface area (Å²) >= 11 is 0. The third kappa shape index (κ3) is 3.43. The van der Waals surface area contributed by atoms with Gasteiger partial charge < -0.3 is 14.2 Å². The molecule has 1 heterocycles. The minimum absolute atomic E-state index is 0.0103. The van der Waals surface area contributed by atoms with Crippen molar-refractivity contribution < 1.29 is 23.8 Å². The van der Waals surface area contributed by atoms with Crippen molar-refractivity contribution in [3.8, 4) is 22.7 Å². The molecule has 3 aromatic rings. The van der Waals surface area contributed by atoms with Gasteiger partial charge in [-0.15, -0.1) is 0 Å². The van der Waals surface area contributed by atoms with E-state index in [0.717, 1.165) is 22.4 Å². The Labute approximate surface area is 175 Å². The Balaban J connectivity index is 2.43. The number of ether oxygens (including phenoxy) is 3. The smallest absolute Gasteiger partial charge is 0.357 e. The van der Waals surface area contributed by atoms with Crippen LogP contribution >= 0.6 is 0 Å². The number of nitrogens with zero attached hydrogens (tertiary/aromatic N) is 2. The standard InChI is InChI=1S/C23H24N2O5/c1-13-12-17(14(2)15(3)21(13)28-4)19-18(22(26)29-5)20(23(27)30-6)25(24-19)16-10-8-7-9-11-16/h7-12H,1-6H3. The summed E-state index contributed by atoms with van der Waals surface area (Å²) in [5.74, 6) is -0.581. The molecular formula is C23H24N2O5. The van der Waals surface area contributed by atoms with Crippen LogP contribution in [-0.2, 0) is 9.47 Å². The third-order valence-corrected chi connectivity index (χ3v) is 5.14. The lowest BCUT2D eigenvalue weighted by Gasteiger charge is -2.15. The van der Waals surface area contributed by atoms with Crippen LogP contribution in [0.5, 0.6) is 5.75 Å². The van der Waals surface area contributed by atoms with Gasteiger partial charge in [-0.05, 0) is 55.7 Å². The van der Waals surface area contributed by atoms with Gasteiger partial charge in [-0.2, -0.15) is 5.10 Å². The van der Waals surface area contributed by atoms with Gasteiger partial charge in [0.2, 0.25) is 0 Å². The predicted octanol–water partition coefficient (Wildman–Crippen LogP) is 4.05. The first-order valence-electron chi connectivity index (χ1n) is 9.35. The minimum atomic E-state index is -0.683.